The Balaban J connectivity index is 1.44. The van der Waals surface area contributed by atoms with Gasteiger partial charge in [-0.2, -0.15) is 0 Å². The van der Waals surface area contributed by atoms with Gasteiger partial charge in [0.2, 0.25) is 0 Å². The summed E-state index contributed by atoms with van der Waals surface area (Å²) in [5, 5.41) is 0. The molecule has 0 nitrogen and oxygen atoms in total. The van der Waals surface area contributed by atoms with Crippen LogP contribution in [0.4, 0.5) is 0 Å². The molecule has 27 heavy (non-hydrogen) atoms. The molecule has 142 valence electrons. The zero-order chi connectivity index (χ0) is 18.6. The molecular formula is C27H34. The van der Waals surface area contributed by atoms with Gasteiger partial charge < -0.3 is 0 Å². The Morgan fingerprint density at radius 2 is 1.33 bits per heavy atom. The molecule has 0 aromatic heterocycles. The molecule has 0 bridgehead atoms. The van der Waals surface area contributed by atoms with E-state index in [9.17, 15) is 0 Å². The summed E-state index contributed by atoms with van der Waals surface area (Å²) in [6.07, 6.45) is 13.2. The van der Waals surface area contributed by atoms with Gasteiger partial charge in [0.1, 0.15) is 0 Å². The van der Waals surface area contributed by atoms with Gasteiger partial charge in [0.05, 0.1) is 0 Å². The molecule has 0 saturated heterocycles. The summed E-state index contributed by atoms with van der Waals surface area (Å²) in [6, 6.07) is 18.7. The highest BCUT2D eigenvalue weighted by atomic mass is 14.2. The largest absolute Gasteiger partial charge is 0.0804 e. The average Bonchev–Trinajstić information content (AvgIpc) is 2.75. The summed E-state index contributed by atoms with van der Waals surface area (Å²) >= 11 is 0. The Kier molecular flexibility index (Phi) is 5.81. The maximum absolute atomic E-state index is 2.48. The van der Waals surface area contributed by atoms with Crippen molar-refractivity contribution >= 4 is 5.57 Å². The van der Waals surface area contributed by atoms with Crippen LogP contribution in [0.2, 0.25) is 0 Å². The van der Waals surface area contributed by atoms with Gasteiger partial charge >= 0.3 is 0 Å². The summed E-state index contributed by atoms with van der Waals surface area (Å²) in [5.41, 5.74) is 7.19. The number of rotatable bonds is 4. The SMILES string of the molecule is CCC1CC=C(c2ccc(-c3ccc(C4CCC(C)CC4)cc3)cc2)CC1. The molecule has 2 aromatic rings. The second-order valence-corrected chi connectivity index (χ2v) is 8.93. The monoisotopic (exact) mass is 358 g/mol. The molecule has 0 heteroatoms. The molecule has 1 fully saturated rings. The smallest absolute Gasteiger partial charge is 0.0162 e. The van der Waals surface area contributed by atoms with Crippen molar-refractivity contribution in [2.24, 2.45) is 11.8 Å². The topological polar surface area (TPSA) is 0 Å². The number of hydrogen-bond acceptors (Lipinski definition) is 0. The van der Waals surface area contributed by atoms with E-state index in [4.69, 9.17) is 0 Å². The molecule has 2 aliphatic carbocycles. The van der Waals surface area contributed by atoms with E-state index in [0.29, 0.717) is 0 Å². The van der Waals surface area contributed by atoms with Crippen molar-refractivity contribution in [2.75, 3.05) is 0 Å². The fourth-order valence-corrected chi connectivity index (χ4v) is 4.94. The number of hydrogen-bond donors (Lipinski definition) is 0. The van der Waals surface area contributed by atoms with Gasteiger partial charge in [-0.05, 0) is 77.7 Å². The minimum atomic E-state index is 0.780. The van der Waals surface area contributed by atoms with Gasteiger partial charge in [0.15, 0.2) is 0 Å². The zero-order valence-electron chi connectivity index (χ0n) is 17.1. The molecule has 1 saturated carbocycles. The first-order valence-electron chi connectivity index (χ1n) is 11.1. The van der Waals surface area contributed by atoms with E-state index in [1.54, 1.807) is 11.1 Å². The molecule has 0 amide bonds. The molecule has 0 aliphatic heterocycles. The Morgan fingerprint density at radius 3 is 1.89 bits per heavy atom. The second-order valence-electron chi connectivity index (χ2n) is 8.93. The lowest BCUT2D eigenvalue weighted by Crippen LogP contribution is -2.10. The summed E-state index contributed by atoms with van der Waals surface area (Å²) in [6.45, 7) is 4.72. The van der Waals surface area contributed by atoms with Crippen LogP contribution >= 0.6 is 0 Å². The summed E-state index contributed by atoms with van der Waals surface area (Å²) in [5.74, 6) is 2.60. The summed E-state index contributed by atoms with van der Waals surface area (Å²) < 4.78 is 0. The highest BCUT2D eigenvalue weighted by Crippen LogP contribution is 2.36. The van der Waals surface area contributed by atoms with E-state index < -0.39 is 0 Å². The Bertz CT molecular complexity index is 755. The molecule has 0 heterocycles. The fourth-order valence-electron chi connectivity index (χ4n) is 4.94. The van der Waals surface area contributed by atoms with E-state index in [1.807, 2.05) is 0 Å². The second kappa shape index (κ2) is 8.46. The maximum atomic E-state index is 2.48. The quantitative estimate of drug-likeness (QED) is 0.516. The van der Waals surface area contributed by atoms with Crippen LogP contribution in [-0.4, -0.2) is 0 Å². The van der Waals surface area contributed by atoms with Crippen molar-refractivity contribution in [1.82, 2.24) is 0 Å². The highest BCUT2D eigenvalue weighted by molar-refractivity contribution is 5.71. The molecule has 2 aromatic carbocycles. The van der Waals surface area contributed by atoms with Gasteiger partial charge in [-0.15, -0.1) is 0 Å². The van der Waals surface area contributed by atoms with Gasteiger partial charge in [0.25, 0.3) is 0 Å². The Hall–Kier alpha value is -1.82. The van der Waals surface area contributed by atoms with Crippen LogP contribution in [-0.2, 0) is 0 Å². The lowest BCUT2D eigenvalue weighted by Gasteiger charge is -2.26. The van der Waals surface area contributed by atoms with Crippen molar-refractivity contribution in [2.45, 2.75) is 71.1 Å². The van der Waals surface area contributed by atoms with Crippen LogP contribution in [0.3, 0.4) is 0 Å². The van der Waals surface area contributed by atoms with E-state index in [1.165, 1.54) is 68.1 Å². The molecular weight excluding hydrogens is 324 g/mol. The van der Waals surface area contributed by atoms with Crippen LogP contribution < -0.4 is 0 Å². The minimum Gasteiger partial charge on any atom is -0.0804 e. The van der Waals surface area contributed by atoms with Gasteiger partial charge in [-0.3, -0.25) is 0 Å². The molecule has 4 rings (SSSR count). The Morgan fingerprint density at radius 1 is 0.741 bits per heavy atom. The minimum absolute atomic E-state index is 0.780. The van der Waals surface area contributed by atoms with Crippen LogP contribution in [0.15, 0.2) is 54.6 Å². The first kappa shape index (κ1) is 18.5. The normalized spacial score (nSPS) is 25.9. The lowest BCUT2D eigenvalue weighted by molar-refractivity contribution is 0.348. The van der Waals surface area contributed by atoms with Crippen LogP contribution in [0.25, 0.3) is 16.7 Å². The van der Waals surface area contributed by atoms with Gasteiger partial charge in [-0.25, -0.2) is 0 Å². The highest BCUT2D eigenvalue weighted by Gasteiger charge is 2.19. The standard InChI is InChI=1S/C27H34/c1-3-21-6-10-23(11-7-21)25-14-18-27(19-15-25)26-16-12-24(13-17-26)22-8-4-20(2)5-9-22/h10,12-22H,3-9,11H2,1-2H3. The lowest BCUT2D eigenvalue weighted by atomic mass is 9.79. The molecule has 2 aliphatic rings. The summed E-state index contributed by atoms with van der Waals surface area (Å²) in [7, 11) is 0. The maximum Gasteiger partial charge on any atom is -0.0162 e. The van der Waals surface area contributed by atoms with Crippen LogP contribution in [0, 0.1) is 11.8 Å². The van der Waals surface area contributed by atoms with Crippen molar-refractivity contribution in [1.29, 1.82) is 0 Å². The van der Waals surface area contributed by atoms with E-state index in [-0.39, 0.29) is 0 Å². The summed E-state index contributed by atoms with van der Waals surface area (Å²) in [4.78, 5) is 0. The first-order chi connectivity index (χ1) is 13.2. The molecule has 1 unspecified atom stereocenters. The molecule has 1 atom stereocenters. The van der Waals surface area contributed by atoms with E-state index in [0.717, 1.165) is 17.8 Å². The van der Waals surface area contributed by atoms with Gasteiger partial charge in [-0.1, -0.05) is 87.7 Å². The predicted octanol–water partition coefficient (Wildman–Crippen LogP) is 8.24. The van der Waals surface area contributed by atoms with Gasteiger partial charge in [0, 0.05) is 0 Å². The molecule has 0 N–H and O–H groups in total. The predicted molar refractivity (Wildman–Crippen MR) is 118 cm³/mol. The Labute approximate surface area is 165 Å². The van der Waals surface area contributed by atoms with E-state index in [2.05, 4.69) is 68.5 Å². The third-order valence-electron chi connectivity index (χ3n) is 7.08. The average molecular weight is 359 g/mol. The third-order valence-corrected chi connectivity index (χ3v) is 7.08. The molecule has 0 spiro atoms. The number of allylic oxidation sites excluding steroid dienone is 2. The van der Waals surface area contributed by atoms with Crippen molar-refractivity contribution in [3.63, 3.8) is 0 Å². The number of benzene rings is 2. The third kappa shape index (κ3) is 4.37. The molecule has 0 radical (unpaired) electrons. The van der Waals surface area contributed by atoms with Crippen molar-refractivity contribution in [3.05, 3.63) is 65.7 Å². The fraction of sp³-hybridized carbons (Fsp3) is 0.481. The van der Waals surface area contributed by atoms with E-state index >= 15 is 0 Å². The van der Waals surface area contributed by atoms with Crippen molar-refractivity contribution < 1.29 is 0 Å². The zero-order valence-corrected chi connectivity index (χ0v) is 17.1. The van der Waals surface area contributed by atoms with Crippen LogP contribution in [0.1, 0.15) is 82.3 Å². The van der Waals surface area contributed by atoms with Crippen LogP contribution in [0.5, 0.6) is 0 Å². The first-order valence-corrected chi connectivity index (χ1v) is 11.1. The van der Waals surface area contributed by atoms with Crippen molar-refractivity contribution in [3.8, 4) is 11.1 Å².